The van der Waals surface area contributed by atoms with Crippen LogP contribution in [-0.2, 0) is 9.59 Å². The summed E-state index contributed by atoms with van der Waals surface area (Å²) in [5.74, 6) is -0.994. The maximum atomic E-state index is 10.7. The molecule has 0 aliphatic heterocycles. The molecule has 0 heterocycles. The molecule has 0 bridgehead atoms. The van der Waals surface area contributed by atoms with Gasteiger partial charge in [-0.15, -0.1) is 0 Å². The summed E-state index contributed by atoms with van der Waals surface area (Å²) in [7, 11) is 0. The van der Waals surface area contributed by atoms with Crippen molar-refractivity contribution >= 4 is 58.3 Å². The molecule has 1 unspecified atom stereocenters. The highest BCUT2D eigenvalue weighted by atomic mass is 35.5. The molecule has 2 N–H and O–H groups in total. The van der Waals surface area contributed by atoms with Crippen LogP contribution >= 0.6 is 46.4 Å². The zero-order valence-corrected chi connectivity index (χ0v) is 18.9. The number of hydrogen-bond acceptors (Lipinski definition) is 4. The quantitative estimate of drug-likeness (QED) is 0.385. The molecule has 0 saturated heterocycles. The predicted octanol–water partition coefficient (Wildman–Crippen LogP) is 6.47. The fourth-order valence-electron chi connectivity index (χ4n) is 2.03. The first-order valence-electron chi connectivity index (χ1n) is 8.78. The fourth-order valence-corrected chi connectivity index (χ4v) is 2.95. The molecule has 164 valence electrons. The van der Waals surface area contributed by atoms with Crippen LogP contribution in [0.4, 0.5) is 0 Å². The van der Waals surface area contributed by atoms with Crippen molar-refractivity contribution in [2.45, 2.75) is 32.3 Å². The van der Waals surface area contributed by atoms with Gasteiger partial charge in [-0.25, -0.2) is 4.79 Å². The first-order chi connectivity index (χ1) is 14.1. The number of benzene rings is 2. The van der Waals surface area contributed by atoms with Gasteiger partial charge in [0.25, 0.3) is 0 Å². The van der Waals surface area contributed by atoms with Crippen LogP contribution in [0.15, 0.2) is 36.4 Å². The monoisotopic (exact) mass is 496 g/mol. The summed E-state index contributed by atoms with van der Waals surface area (Å²) in [6, 6.07) is 9.56. The van der Waals surface area contributed by atoms with Crippen LogP contribution in [0.2, 0.25) is 20.1 Å². The molecule has 0 aliphatic carbocycles. The number of carbonyl (C=O) groups is 2. The van der Waals surface area contributed by atoms with Gasteiger partial charge in [0.2, 0.25) is 0 Å². The average Bonchev–Trinajstić information content (AvgIpc) is 2.66. The molecule has 0 saturated carbocycles. The molecule has 6 nitrogen and oxygen atoms in total. The van der Waals surface area contributed by atoms with Crippen molar-refractivity contribution in [2.24, 2.45) is 0 Å². The van der Waals surface area contributed by atoms with E-state index in [1.807, 2.05) is 0 Å². The Bertz CT molecular complexity index is 859. The summed E-state index contributed by atoms with van der Waals surface area (Å²) >= 11 is 23.1. The average molecular weight is 498 g/mol. The highest BCUT2D eigenvalue weighted by molar-refractivity contribution is 6.36. The Morgan fingerprint density at radius 2 is 1.47 bits per heavy atom. The highest BCUT2D eigenvalue weighted by Crippen LogP contribution is 2.29. The molecule has 0 aromatic heterocycles. The molecule has 0 spiro atoms. The third-order valence-corrected chi connectivity index (χ3v) is 4.56. The smallest absolute Gasteiger partial charge is 0.344 e. The summed E-state index contributed by atoms with van der Waals surface area (Å²) in [5.41, 5.74) is 0. The van der Waals surface area contributed by atoms with E-state index in [0.717, 1.165) is 0 Å². The lowest BCUT2D eigenvalue weighted by molar-refractivity contribution is -0.145. The second-order valence-corrected chi connectivity index (χ2v) is 7.54. The van der Waals surface area contributed by atoms with Gasteiger partial charge in [0.1, 0.15) is 11.5 Å². The second kappa shape index (κ2) is 13.4. The van der Waals surface area contributed by atoms with Gasteiger partial charge in [-0.05, 0) is 49.2 Å². The van der Waals surface area contributed by atoms with Crippen LogP contribution in [0.25, 0.3) is 0 Å². The van der Waals surface area contributed by atoms with E-state index < -0.39 is 18.0 Å². The Morgan fingerprint density at radius 1 is 0.933 bits per heavy atom. The lowest BCUT2D eigenvalue weighted by atomic mass is 10.2. The van der Waals surface area contributed by atoms with Gasteiger partial charge in [0.05, 0.1) is 16.7 Å². The minimum absolute atomic E-state index is 0.0885. The van der Waals surface area contributed by atoms with E-state index >= 15 is 0 Å². The Balaban J connectivity index is 0.000000300. The first kappa shape index (κ1) is 26.2. The van der Waals surface area contributed by atoms with E-state index in [-0.39, 0.29) is 6.42 Å². The zero-order chi connectivity index (χ0) is 22.7. The van der Waals surface area contributed by atoms with Crippen molar-refractivity contribution in [3.63, 3.8) is 0 Å². The largest absolute Gasteiger partial charge is 0.492 e. The minimum Gasteiger partial charge on any atom is -0.492 e. The van der Waals surface area contributed by atoms with Gasteiger partial charge in [-0.3, -0.25) is 4.79 Å². The first-order valence-corrected chi connectivity index (χ1v) is 10.3. The number of rotatable bonds is 9. The summed E-state index contributed by atoms with van der Waals surface area (Å²) in [6.45, 7) is 2.05. The number of carboxylic acids is 2. The molecule has 2 aromatic rings. The summed E-state index contributed by atoms with van der Waals surface area (Å²) < 4.78 is 10.5. The Morgan fingerprint density at radius 3 is 1.90 bits per heavy atom. The van der Waals surface area contributed by atoms with Crippen molar-refractivity contribution in [2.75, 3.05) is 6.61 Å². The number of ether oxygens (including phenoxy) is 2. The summed E-state index contributed by atoms with van der Waals surface area (Å²) in [5, 5.41) is 18.9. The molecule has 0 aliphatic rings. The topological polar surface area (TPSA) is 93.1 Å². The summed E-state index contributed by atoms with van der Waals surface area (Å²) in [6.07, 6.45) is 0.0250. The van der Waals surface area contributed by atoms with E-state index in [1.54, 1.807) is 37.3 Å². The van der Waals surface area contributed by atoms with Crippen LogP contribution in [0, 0.1) is 0 Å². The molecular weight excluding hydrogens is 478 g/mol. The number of aliphatic carboxylic acids is 2. The standard InChI is InChI=1S/2C10H10Cl2O3/c1-2-8(10(13)14)15-9-4-3-6(11)5-7(9)12;11-7-3-4-9(8(12)6-7)15-5-1-2-10(13)14/h3-5,8H,2H2,1H3,(H,13,14);3-4,6H,1-2,5H2,(H,13,14). The van der Waals surface area contributed by atoms with Crippen molar-refractivity contribution < 1.29 is 29.3 Å². The maximum absolute atomic E-state index is 10.7. The van der Waals surface area contributed by atoms with Crippen LogP contribution in [0.1, 0.15) is 26.2 Å². The van der Waals surface area contributed by atoms with Crippen molar-refractivity contribution in [3.05, 3.63) is 56.5 Å². The Kier molecular flexibility index (Phi) is 11.7. The SMILES string of the molecule is CCC(Oc1ccc(Cl)cc1Cl)C(=O)O.O=C(O)CCCOc1ccc(Cl)cc1Cl. The van der Waals surface area contributed by atoms with E-state index in [2.05, 4.69) is 0 Å². The molecule has 2 rings (SSSR count). The van der Waals surface area contributed by atoms with Gasteiger partial charge in [0, 0.05) is 16.5 Å². The van der Waals surface area contributed by atoms with E-state index in [1.165, 1.54) is 6.07 Å². The maximum Gasteiger partial charge on any atom is 0.344 e. The predicted molar refractivity (Wildman–Crippen MR) is 118 cm³/mol. The second-order valence-electron chi connectivity index (χ2n) is 5.85. The van der Waals surface area contributed by atoms with Crippen LogP contribution in [0.3, 0.4) is 0 Å². The summed E-state index contributed by atoms with van der Waals surface area (Å²) in [4.78, 5) is 20.9. The van der Waals surface area contributed by atoms with Crippen molar-refractivity contribution in [3.8, 4) is 11.5 Å². The molecule has 1 atom stereocenters. The van der Waals surface area contributed by atoms with Crippen LogP contribution in [0.5, 0.6) is 11.5 Å². The Hall–Kier alpha value is -1.86. The lowest BCUT2D eigenvalue weighted by Gasteiger charge is -2.14. The van der Waals surface area contributed by atoms with Crippen molar-refractivity contribution in [1.29, 1.82) is 0 Å². The van der Waals surface area contributed by atoms with Gasteiger partial charge < -0.3 is 19.7 Å². The Labute approximate surface area is 194 Å². The number of carboxylic acid groups (broad SMARTS) is 2. The van der Waals surface area contributed by atoms with Gasteiger partial charge in [-0.1, -0.05) is 53.3 Å². The van der Waals surface area contributed by atoms with Gasteiger partial charge in [0.15, 0.2) is 6.10 Å². The number of hydrogen-bond donors (Lipinski definition) is 2. The van der Waals surface area contributed by atoms with E-state index in [4.69, 9.17) is 66.1 Å². The lowest BCUT2D eigenvalue weighted by Crippen LogP contribution is -2.25. The molecular formula is C20H20Cl4O6. The van der Waals surface area contributed by atoms with Crippen LogP contribution in [-0.4, -0.2) is 34.9 Å². The zero-order valence-electron chi connectivity index (χ0n) is 15.9. The third kappa shape index (κ3) is 9.76. The van der Waals surface area contributed by atoms with Crippen LogP contribution < -0.4 is 9.47 Å². The number of halogens is 4. The normalized spacial score (nSPS) is 11.1. The fraction of sp³-hybridized carbons (Fsp3) is 0.300. The highest BCUT2D eigenvalue weighted by Gasteiger charge is 2.18. The van der Waals surface area contributed by atoms with Crippen molar-refractivity contribution in [1.82, 2.24) is 0 Å². The minimum atomic E-state index is -1.01. The molecule has 30 heavy (non-hydrogen) atoms. The molecule has 2 aromatic carbocycles. The van der Waals surface area contributed by atoms with E-state index in [9.17, 15) is 9.59 Å². The van der Waals surface area contributed by atoms with Gasteiger partial charge in [-0.2, -0.15) is 0 Å². The van der Waals surface area contributed by atoms with Gasteiger partial charge >= 0.3 is 11.9 Å². The molecule has 10 heteroatoms. The molecule has 0 radical (unpaired) electrons. The molecule has 0 amide bonds. The molecule has 0 fully saturated rings. The third-order valence-electron chi connectivity index (χ3n) is 3.50. The van der Waals surface area contributed by atoms with E-state index in [0.29, 0.717) is 51.0 Å².